The largest absolute Gasteiger partial charge is 0.497 e. The molecule has 3 amide bonds. The number of anilines is 3. The molecule has 8 nitrogen and oxygen atoms in total. The number of hydrogen-bond donors (Lipinski definition) is 3. The first-order chi connectivity index (χ1) is 16.9. The molecule has 0 fully saturated rings. The van der Waals surface area contributed by atoms with Gasteiger partial charge < -0.3 is 25.1 Å². The van der Waals surface area contributed by atoms with E-state index in [4.69, 9.17) is 9.15 Å². The van der Waals surface area contributed by atoms with E-state index >= 15 is 0 Å². The van der Waals surface area contributed by atoms with Gasteiger partial charge in [-0.2, -0.15) is 0 Å². The van der Waals surface area contributed by atoms with Crippen LogP contribution in [-0.4, -0.2) is 19.0 Å². The van der Waals surface area contributed by atoms with Crippen LogP contribution in [-0.2, 0) is 11.2 Å². The molecule has 0 aliphatic carbocycles. The first-order valence-electron chi connectivity index (χ1n) is 11.1. The Labute approximate surface area is 201 Å². The molecule has 0 atom stereocenters. The fraction of sp³-hybridized carbons (Fsp3) is 0.148. The number of nitrogens with one attached hydrogen (secondary N) is 3. The van der Waals surface area contributed by atoms with Crippen LogP contribution < -0.4 is 26.3 Å². The summed E-state index contributed by atoms with van der Waals surface area (Å²) in [6.07, 6.45) is 0.332. The smallest absolute Gasteiger partial charge is 0.339 e. The van der Waals surface area contributed by atoms with Crippen LogP contribution in [0.3, 0.4) is 0 Å². The van der Waals surface area contributed by atoms with Gasteiger partial charge >= 0.3 is 11.7 Å². The Balaban J connectivity index is 1.38. The number of rotatable bonds is 7. The predicted octanol–water partition coefficient (Wildman–Crippen LogP) is 5.33. The molecule has 4 rings (SSSR count). The summed E-state index contributed by atoms with van der Waals surface area (Å²) in [6, 6.07) is 20.8. The lowest BCUT2D eigenvalue weighted by molar-refractivity contribution is -0.116. The maximum Gasteiger partial charge on any atom is 0.339 e. The van der Waals surface area contributed by atoms with Gasteiger partial charge in [-0.15, -0.1) is 0 Å². The molecule has 3 aromatic carbocycles. The van der Waals surface area contributed by atoms with E-state index in [0.29, 0.717) is 34.0 Å². The number of para-hydroxylation sites is 1. The molecule has 0 saturated carbocycles. The van der Waals surface area contributed by atoms with E-state index in [1.807, 2.05) is 31.2 Å². The fourth-order valence-electron chi connectivity index (χ4n) is 3.74. The van der Waals surface area contributed by atoms with E-state index in [1.165, 1.54) is 0 Å². The number of benzene rings is 3. The molecule has 0 aliphatic rings. The van der Waals surface area contributed by atoms with Gasteiger partial charge in [-0.25, -0.2) is 9.59 Å². The molecule has 4 aromatic rings. The van der Waals surface area contributed by atoms with Crippen LogP contribution in [0.25, 0.3) is 11.0 Å². The van der Waals surface area contributed by atoms with Crippen molar-refractivity contribution >= 4 is 40.0 Å². The van der Waals surface area contributed by atoms with E-state index in [1.54, 1.807) is 55.6 Å². The molecule has 0 aliphatic heterocycles. The summed E-state index contributed by atoms with van der Waals surface area (Å²) >= 11 is 0. The number of urea groups is 1. The van der Waals surface area contributed by atoms with Crippen molar-refractivity contribution in [1.82, 2.24) is 0 Å². The third-order valence-electron chi connectivity index (χ3n) is 5.53. The second-order valence-corrected chi connectivity index (χ2v) is 7.93. The number of fused-ring (bicyclic) bond motifs is 1. The maximum atomic E-state index is 12.6. The van der Waals surface area contributed by atoms with E-state index in [9.17, 15) is 14.4 Å². The number of amides is 3. The number of carbonyl (C=O) groups excluding carboxylic acids is 2. The van der Waals surface area contributed by atoms with Crippen LogP contribution in [0.4, 0.5) is 21.9 Å². The lowest BCUT2D eigenvalue weighted by Gasteiger charge is -2.11. The molecule has 1 heterocycles. The normalized spacial score (nSPS) is 10.6. The van der Waals surface area contributed by atoms with Crippen molar-refractivity contribution in [3.8, 4) is 5.75 Å². The van der Waals surface area contributed by atoms with Crippen molar-refractivity contribution in [3.63, 3.8) is 0 Å². The summed E-state index contributed by atoms with van der Waals surface area (Å²) in [7, 11) is 1.55. The number of hydrogen-bond acceptors (Lipinski definition) is 5. The van der Waals surface area contributed by atoms with Gasteiger partial charge in [0.1, 0.15) is 11.3 Å². The average Bonchev–Trinajstić information content (AvgIpc) is 2.84. The third kappa shape index (κ3) is 5.86. The first kappa shape index (κ1) is 23.6. The maximum absolute atomic E-state index is 12.6. The van der Waals surface area contributed by atoms with E-state index in [-0.39, 0.29) is 18.7 Å². The van der Waals surface area contributed by atoms with Crippen molar-refractivity contribution in [2.45, 2.75) is 19.8 Å². The number of aryl methyl sites for hydroxylation is 1. The van der Waals surface area contributed by atoms with E-state index in [0.717, 1.165) is 10.9 Å². The minimum atomic E-state index is -0.466. The van der Waals surface area contributed by atoms with Gasteiger partial charge in [0.25, 0.3) is 0 Å². The van der Waals surface area contributed by atoms with Crippen LogP contribution in [0.1, 0.15) is 17.5 Å². The van der Waals surface area contributed by atoms with Crippen LogP contribution in [0.2, 0.25) is 0 Å². The average molecular weight is 472 g/mol. The molecule has 0 bridgehead atoms. The summed E-state index contributed by atoms with van der Waals surface area (Å²) in [5, 5.41) is 9.08. The van der Waals surface area contributed by atoms with Gasteiger partial charge in [-0.3, -0.25) is 4.79 Å². The zero-order valence-electron chi connectivity index (χ0n) is 19.4. The van der Waals surface area contributed by atoms with Crippen molar-refractivity contribution in [3.05, 3.63) is 94.3 Å². The Morgan fingerprint density at radius 2 is 1.54 bits per heavy atom. The summed E-state index contributed by atoms with van der Waals surface area (Å²) < 4.78 is 10.6. The third-order valence-corrected chi connectivity index (χ3v) is 5.53. The van der Waals surface area contributed by atoms with Gasteiger partial charge in [-0.05, 0) is 61.4 Å². The van der Waals surface area contributed by atoms with Crippen LogP contribution in [0, 0.1) is 6.92 Å². The van der Waals surface area contributed by atoms with Crippen molar-refractivity contribution in [2.75, 3.05) is 23.1 Å². The zero-order chi connectivity index (χ0) is 24.8. The summed E-state index contributed by atoms with van der Waals surface area (Å²) in [4.78, 5) is 37.3. The van der Waals surface area contributed by atoms with Crippen molar-refractivity contribution in [1.29, 1.82) is 0 Å². The molecule has 3 N–H and O–H groups in total. The van der Waals surface area contributed by atoms with Crippen LogP contribution in [0.15, 0.2) is 82.0 Å². The van der Waals surface area contributed by atoms with Gasteiger partial charge in [-0.1, -0.05) is 24.3 Å². The Bertz CT molecular complexity index is 1430. The number of ether oxygens (including phenoxy) is 1. The molecular formula is C27H25N3O5. The van der Waals surface area contributed by atoms with E-state index < -0.39 is 11.7 Å². The summed E-state index contributed by atoms with van der Waals surface area (Å²) in [5.74, 6) is 0.339. The lowest BCUT2D eigenvalue weighted by atomic mass is 10.0. The summed E-state index contributed by atoms with van der Waals surface area (Å²) in [6.45, 7) is 1.84. The minimum absolute atomic E-state index is 0.0966. The molecular weight excluding hydrogens is 446 g/mol. The van der Waals surface area contributed by atoms with Gasteiger partial charge in [0.05, 0.1) is 7.11 Å². The molecule has 0 radical (unpaired) electrons. The number of methoxy groups -OCH3 is 1. The van der Waals surface area contributed by atoms with E-state index in [2.05, 4.69) is 16.0 Å². The zero-order valence-corrected chi connectivity index (χ0v) is 19.4. The second-order valence-electron chi connectivity index (χ2n) is 7.93. The molecule has 0 unspecified atom stereocenters. The standard InChI is InChI=1S/C27H25N3O5/c1-17-22-12-11-21(34-2)16-24(22)35-26(32)23(17)13-14-25(31)28-19-9-6-10-20(15-19)30-27(33)29-18-7-4-3-5-8-18/h3-12,15-16H,13-14H2,1-2H3,(H,28,31)(H2,29,30,33). The molecule has 0 spiro atoms. The Hall–Kier alpha value is -4.59. The Morgan fingerprint density at radius 1 is 0.857 bits per heavy atom. The predicted molar refractivity (Wildman–Crippen MR) is 136 cm³/mol. The quantitative estimate of drug-likeness (QED) is 0.316. The Morgan fingerprint density at radius 3 is 2.29 bits per heavy atom. The molecule has 1 aromatic heterocycles. The fourth-order valence-corrected chi connectivity index (χ4v) is 3.74. The lowest BCUT2D eigenvalue weighted by Crippen LogP contribution is -2.19. The monoisotopic (exact) mass is 471 g/mol. The van der Waals surface area contributed by atoms with Gasteiger partial charge in [0.15, 0.2) is 0 Å². The highest BCUT2D eigenvalue weighted by molar-refractivity contribution is 6.00. The van der Waals surface area contributed by atoms with Gasteiger partial charge in [0, 0.05) is 40.5 Å². The van der Waals surface area contributed by atoms with Gasteiger partial charge in [0.2, 0.25) is 5.91 Å². The van der Waals surface area contributed by atoms with Crippen molar-refractivity contribution < 1.29 is 18.7 Å². The highest BCUT2D eigenvalue weighted by Gasteiger charge is 2.14. The highest BCUT2D eigenvalue weighted by atomic mass is 16.5. The highest BCUT2D eigenvalue weighted by Crippen LogP contribution is 2.24. The topological polar surface area (TPSA) is 110 Å². The van der Waals surface area contributed by atoms with Crippen LogP contribution in [0.5, 0.6) is 5.75 Å². The minimum Gasteiger partial charge on any atom is -0.497 e. The molecule has 0 saturated heterocycles. The Kier molecular flexibility index (Phi) is 7.11. The number of carbonyl (C=O) groups is 2. The first-order valence-corrected chi connectivity index (χ1v) is 11.1. The van der Waals surface area contributed by atoms with Crippen LogP contribution >= 0.6 is 0 Å². The molecule has 178 valence electrons. The summed E-state index contributed by atoms with van der Waals surface area (Å²) in [5.41, 5.74) is 2.95. The SMILES string of the molecule is COc1ccc2c(C)c(CCC(=O)Nc3cccc(NC(=O)Nc4ccccc4)c3)c(=O)oc2c1. The second kappa shape index (κ2) is 10.6. The molecule has 35 heavy (non-hydrogen) atoms. The molecule has 8 heteroatoms. The van der Waals surface area contributed by atoms with Crippen molar-refractivity contribution in [2.24, 2.45) is 0 Å².